The van der Waals surface area contributed by atoms with E-state index in [1.165, 1.54) is 40.4 Å². The van der Waals surface area contributed by atoms with E-state index in [1.807, 2.05) is 0 Å². The number of thiazole rings is 1. The van der Waals surface area contributed by atoms with E-state index in [1.54, 1.807) is 6.07 Å². The number of aromatic nitrogens is 1. The maximum absolute atomic E-state index is 12.0. The molecule has 0 fully saturated rings. The highest BCUT2D eigenvalue weighted by Crippen LogP contribution is 2.33. The first-order valence-electron chi connectivity index (χ1n) is 5.39. The first-order chi connectivity index (χ1) is 9.52. The first kappa shape index (κ1) is 13.6. The molecule has 1 aromatic carbocycles. The number of carbonyl (C=O) groups excluding carboxylic acids is 1. The van der Waals surface area contributed by atoms with Crippen molar-refractivity contribution in [3.8, 4) is 17.6 Å². The van der Waals surface area contributed by atoms with Crippen LogP contribution in [0, 0.1) is 11.3 Å². The van der Waals surface area contributed by atoms with Crippen LogP contribution >= 0.6 is 11.3 Å². The zero-order valence-corrected chi connectivity index (χ0v) is 10.9. The number of carbonyl (C=O) groups is 1. The fraction of sp³-hybridized carbons (Fsp3) is 0. The summed E-state index contributed by atoms with van der Waals surface area (Å²) in [5.74, 6) is -1.37. The Labute approximate surface area is 118 Å². The van der Waals surface area contributed by atoms with Crippen molar-refractivity contribution in [1.29, 1.82) is 5.26 Å². The number of anilines is 1. The number of hydrogen-bond donors (Lipinski definition) is 3. The molecule has 0 atom stereocenters. The molecule has 20 heavy (non-hydrogen) atoms. The van der Waals surface area contributed by atoms with Gasteiger partial charge in [0.05, 0.1) is 11.2 Å². The second-order valence-electron chi connectivity index (χ2n) is 3.85. The average Bonchev–Trinajstić information content (AvgIpc) is 2.95. The highest BCUT2D eigenvalue weighted by Gasteiger charge is 2.14. The normalized spacial score (nSPS) is 11.1. The van der Waals surface area contributed by atoms with Gasteiger partial charge in [-0.05, 0) is 23.8 Å². The lowest BCUT2D eigenvalue weighted by atomic mass is 10.1. The highest BCUT2D eigenvalue weighted by molar-refractivity contribution is 7.07. The van der Waals surface area contributed by atoms with Crippen molar-refractivity contribution < 1.29 is 15.0 Å². The number of nitrogens with zero attached hydrogens (tertiary/aromatic N) is 2. The third-order valence-electron chi connectivity index (χ3n) is 2.48. The second-order valence-corrected chi connectivity index (χ2v) is 4.57. The summed E-state index contributed by atoms with van der Waals surface area (Å²) in [6.45, 7) is 0. The highest BCUT2D eigenvalue weighted by atomic mass is 32.1. The molecule has 7 heteroatoms. The van der Waals surface area contributed by atoms with Crippen LogP contribution in [0.5, 0.6) is 11.5 Å². The molecular weight excluding hydrogens is 278 g/mol. The van der Waals surface area contributed by atoms with Crippen molar-refractivity contribution in [3.05, 3.63) is 39.9 Å². The monoisotopic (exact) mass is 287 g/mol. The van der Waals surface area contributed by atoms with Crippen LogP contribution in [0.3, 0.4) is 0 Å². The van der Waals surface area contributed by atoms with Crippen LogP contribution in [0.25, 0.3) is 6.08 Å². The largest absolute Gasteiger partial charge is 0.504 e. The van der Waals surface area contributed by atoms with E-state index in [0.717, 1.165) is 0 Å². The predicted octanol–water partition coefficient (Wildman–Crippen LogP) is 1.93. The van der Waals surface area contributed by atoms with E-state index in [4.69, 9.17) is 11.0 Å². The zero-order chi connectivity index (χ0) is 14.7. The molecule has 0 aliphatic heterocycles. The van der Waals surface area contributed by atoms with Gasteiger partial charge in [0.25, 0.3) is 0 Å². The van der Waals surface area contributed by atoms with Crippen LogP contribution in [0.4, 0.5) is 5.69 Å². The van der Waals surface area contributed by atoms with Crippen LogP contribution in [0.1, 0.15) is 16.1 Å². The Hall–Kier alpha value is -2.85. The second kappa shape index (κ2) is 5.42. The third kappa shape index (κ3) is 2.60. The van der Waals surface area contributed by atoms with E-state index in [0.29, 0.717) is 5.56 Å². The molecule has 1 heterocycles. The Kier molecular flexibility index (Phi) is 3.68. The Morgan fingerprint density at radius 3 is 2.75 bits per heavy atom. The van der Waals surface area contributed by atoms with Crippen LogP contribution in [-0.4, -0.2) is 21.0 Å². The minimum Gasteiger partial charge on any atom is -0.504 e. The van der Waals surface area contributed by atoms with Gasteiger partial charge in [-0.2, -0.15) is 5.26 Å². The fourth-order valence-electron chi connectivity index (χ4n) is 1.52. The first-order valence-corrected chi connectivity index (χ1v) is 6.33. The van der Waals surface area contributed by atoms with E-state index < -0.39 is 17.3 Å². The number of nitrogen functional groups attached to an aromatic ring is 1. The van der Waals surface area contributed by atoms with Gasteiger partial charge in [0, 0.05) is 5.38 Å². The quantitative estimate of drug-likeness (QED) is 0.261. The zero-order valence-electron chi connectivity index (χ0n) is 10.1. The van der Waals surface area contributed by atoms with Gasteiger partial charge in [0.1, 0.15) is 17.3 Å². The smallest absolute Gasteiger partial charge is 0.222 e. The third-order valence-corrected chi connectivity index (χ3v) is 3.07. The number of rotatable bonds is 3. The molecule has 6 nitrogen and oxygen atoms in total. The number of phenols is 2. The molecule has 2 rings (SSSR count). The molecule has 100 valence electrons. The van der Waals surface area contributed by atoms with E-state index in [2.05, 4.69) is 4.98 Å². The minimum atomic E-state index is -0.514. The standard InChI is InChI=1S/C13H9N3O3S/c14-4-8(12(18)10-5-20-6-16-10)1-7-2-9(15)13(19)11(17)3-7/h1-3,5-6,17,19H,15H2/b8-1+. The molecule has 0 radical (unpaired) electrons. The van der Waals surface area contributed by atoms with Gasteiger partial charge in [-0.1, -0.05) is 0 Å². The summed E-state index contributed by atoms with van der Waals surface area (Å²) in [6, 6.07) is 4.34. The Balaban J connectivity index is 2.42. The molecule has 0 spiro atoms. The molecule has 0 unspecified atom stereocenters. The lowest BCUT2D eigenvalue weighted by molar-refractivity contribution is 0.103. The Morgan fingerprint density at radius 1 is 1.45 bits per heavy atom. The number of Topliss-reactive ketones (excluding diaryl/α,β-unsaturated/α-hetero) is 1. The summed E-state index contributed by atoms with van der Waals surface area (Å²) >= 11 is 1.25. The predicted molar refractivity (Wildman–Crippen MR) is 74.2 cm³/mol. The van der Waals surface area contributed by atoms with Crippen LogP contribution in [0.2, 0.25) is 0 Å². The maximum Gasteiger partial charge on any atom is 0.222 e. The van der Waals surface area contributed by atoms with Crippen LogP contribution in [-0.2, 0) is 0 Å². The van der Waals surface area contributed by atoms with Gasteiger partial charge in [0.15, 0.2) is 11.5 Å². The molecule has 0 bridgehead atoms. The Bertz CT molecular complexity index is 707. The number of hydrogen-bond acceptors (Lipinski definition) is 7. The summed E-state index contributed by atoms with van der Waals surface area (Å²) in [5, 5.41) is 29.4. The summed E-state index contributed by atoms with van der Waals surface area (Å²) in [6.07, 6.45) is 1.27. The fourth-order valence-corrected chi connectivity index (χ4v) is 2.06. The number of aromatic hydroxyl groups is 2. The Morgan fingerprint density at radius 2 is 2.20 bits per heavy atom. The minimum absolute atomic E-state index is 0.0466. The van der Waals surface area contributed by atoms with Gasteiger partial charge in [-0.15, -0.1) is 11.3 Å². The summed E-state index contributed by atoms with van der Waals surface area (Å²) in [4.78, 5) is 15.8. The van der Waals surface area contributed by atoms with Gasteiger partial charge in [-0.3, -0.25) is 4.79 Å². The SMILES string of the molecule is N#C/C(=C\c1cc(N)c(O)c(O)c1)C(=O)c1cscn1. The number of benzene rings is 1. The lowest BCUT2D eigenvalue weighted by Gasteiger charge is -2.03. The molecule has 2 aromatic rings. The topological polar surface area (TPSA) is 120 Å². The number of nitrogens with two attached hydrogens (primary N) is 1. The van der Waals surface area contributed by atoms with E-state index >= 15 is 0 Å². The van der Waals surface area contributed by atoms with Crippen molar-refractivity contribution in [3.63, 3.8) is 0 Å². The van der Waals surface area contributed by atoms with Gasteiger partial charge < -0.3 is 15.9 Å². The molecule has 0 saturated heterocycles. The summed E-state index contributed by atoms with van der Waals surface area (Å²) in [5.41, 5.74) is 7.31. The van der Waals surface area contributed by atoms with E-state index in [-0.39, 0.29) is 17.0 Å². The summed E-state index contributed by atoms with van der Waals surface area (Å²) in [7, 11) is 0. The van der Waals surface area contributed by atoms with Gasteiger partial charge >= 0.3 is 0 Å². The molecule has 0 aliphatic rings. The molecule has 1 aromatic heterocycles. The molecule has 0 saturated carbocycles. The van der Waals surface area contributed by atoms with Crippen molar-refractivity contribution in [2.24, 2.45) is 0 Å². The number of ketones is 1. The van der Waals surface area contributed by atoms with Crippen molar-refractivity contribution in [2.75, 3.05) is 5.73 Å². The molecular formula is C13H9N3O3S. The van der Waals surface area contributed by atoms with Crippen molar-refractivity contribution in [1.82, 2.24) is 4.98 Å². The van der Waals surface area contributed by atoms with Gasteiger partial charge in [-0.25, -0.2) is 4.98 Å². The maximum atomic E-state index is 12.0. The van der Waals surface area contributed by atoms with Crippen LogP contribution in [0.15, 0.2) is 28.6 Å². The van der Waals surface area contributed by atoms with Gasteiger partial charge in [0.2, 0.25) is 5.78 Å². The molecule has 4 N–H and O–H groups in total. The number of phenolic OH excluding ortho intramolecular Hbond substituents is 2. The van der Waals surface area contributed by atoms with Crippen molar-refractivity contribution >= 4 is 28.9 Å². The number of allylic oxidation sites excluding steroid dienone is 1. The van der Waals surface area contributed by atoms with Crippen LogP contribution < -0.4 is 5.73 Å². The van der Waals surface area contributed by atoms with Crippen molar-refractivity contribution in [2.45, 2.75) is 0 Å². The number of nitriles is 1. The average molecular weight is 287 g/mol. The molecule has 0 aliphatic carbocycles. The van der Waals surface area contributed by atoms with E-state index in [9.17, 15) is 15.0 Å². The summed E-state index contributed by atoms with van der Waals surface area (Å²) < 4.78 is 0. The lowest BCUT2D eigenvalue weighted by Crippen LogP contribution is -2.02. The molecule has 0 amide bonds.